The molecular formula is C10H14F3N3O. The molecule has 1 aromatic rings. The lowest BCUT2D eigenvalue weighted by atomic mass is 10.0. The van der Waals surface area contributed by atoms with Crippen LogP contribution in [0.1, 0.15) is 26.0 Å². The Morgan fingerprint density at radius 1 is 1.41 bits per heavy atom. The van der Waals surface area contributed by atoms with Gasteiger partial charge in [0.05, 0.1) is 0 Å². The van der Waals surface area contributed by atoms with E-state index < -0.39 is 17.4 Å². The molecule has 0 aliphatic carbocycles. The Morgan fingerprint density at radius 2 is 2.06 bits per heavy atom. The molecule has 0 saturated heterocycles. The number of ether oxygens (including phenoxy) is 1. The number of aromatic nitrogens is 2. The third-order valence-electron chi connectivity index (χ3n) is 2.26. The van der Waals surface area contributed by atoms with Crippen LogP contribution in [-0.2, 0) is 6.18 Å². The lowest BCUT2D eigenvalue weighted by molar-refractivity contribution is -0.141. The highest BCUT2D eigenvalue weighted by Gasteiger charge is 2.33. The fourth-order valence-electron chi connectivity index (χ4n) is 0.900. The zero-order valence-corrected chi connectivity index (χ0v) is 9.58. The van der Waals surface area contributed by atoms with Crippen molar-refractivity contribution in [2.75, 3.05) is 6.61 Å². The summed E-state index contributed by atoms with van der Waals surface area (Å²) in [6.45, 7) is 3.65. The van der Waals surface area contributed by atoms with Gasteiger partial charge in [-0.25, -0.2) is 4.98 Å². The van der Waals surface area contributed by atoms with Crippen molar-refractivity contribution in [1.82, 2.24) is 9.97 Å². The fourth-order valence-corrected chi connectivity index (χ4v) is 0.900. The lowest BCUT2D eigenvalue weighted by Gasteiger charge is -2.21. The minimum atomic E-state index is -4.50. The second-order valence-corrected chi connectivity index (χ2v) is 4.02. The molecule has 0 bridgehead atoms. The van der Waals surface area contributed by atoms with E-state index in [9.17, 15) is 13.2 Å². The number of alkyl halides is 3. The van der Waals surface area contributed by atoms with Gasteiger partial charge in [-0.1, -0.05) is 6.92 Å². The predicted octanol–water partition coefficient (Wildman–Crippen LogP) is 2.00. The highest BCUT2D eigenvalue weighted by molar-refractivity contribution is 5.08. The largest absolute Gasteiger partial charge is 0.462 e. The highest BCUT2D eigenvalue weighted by atomic mass is 19.4. The maximum absolute atomic E-state index is 12.3. The highest BCUT2D eigenvalue weighted by Crippen LogP contribution is 2.27. The third-order valence-corrected chi connectivity index (χ3v) is 2.26. The summed E-state index contributed by atoms with van der Waals surface area (Å²) in [6.07, 6.45) is -2.87. The van der Waals surface area contributed by atoms with Crippen LogP contribution < -0.4 is 10.5 Å². The number of hydrogen-bond donors (Lipinski definition) is 1. The lowest BCUT2D eigenvalue weighted by Crippen LogP contribution is -2.41. The van der Waals surface area contributed by atoms with Crippen LogP contribution in [-0.4, -0.2) is 22.1 Å². The van der Waals surface area contributed by atoms with Crippen molar-refractivity contribution in [3.05, 3.63) is 18.0 Å². The van der Waals surface area contributed by atoms with Crippen molar-refractivity contribution in [3.8, 4) is 6.01 Å². The molecule has 7 heteroatoms. The smallest absolute Gasteiger partial charge is 0.433 e. The Kier molecular flexibility index (Phi) is 3.92. The maximum Gasteiger partial charge on any atom is 0.433 e. The van der Waals surface area contributed by atoms with Gasteiger partial charge in [0.15, 0.2) is 5.69 Å². The normalized spacial score (nSPS) is 15.4. The van der Waals surface area contributed by atoms with E-state index in [1.165, 1.54) is 0 Å². The van der Waals surface area contributed by atoms with Gasteiger partial charge in [0.2, 0.25) is 0 Å². The van der Waals surface area contributed by atoms with Crippen molar-refractivity contribution in [2.24, 2.45) is 5.73 Å². The summed E-state index contributed by atoms with van der Waals surface area (Å²) in [6, 6.07) is 0.471. The standard InChI is InChI=1S/C10H14F3N3O/c1-3-9(2,14)6-17-8-15-5-4-7(16-8)10(11,12)13/h4-5H,3,6,14H2,1-2H3. The van der Waals surface area contributed by atoms with Gasteiger partial charge in [0, 0.05) is 11.7 Å². The first-order chi connectivity index (χ1) is 7.74. The number of nitrogens with two attached hydrogens (primary N) is 1. The van der Waals surface area contributed by atoms with Crippen LogP contribution in [0, 0.1) is 0 Å². The summed E-state index contributed by atoms with van der Waals surface area (Å²) in [5.41, 5.74) is 4.14. The molecule has 0 aliphatic rings. The second-order valence-electron chi connectivity index (χ2n) is 4.02. The van der Waals surface area contributed by atoms with Crippen LogP contribution in [0.25, 0.3) is 0 Å². The Bertz CT molecular complexity index is 379. The van der Waals surface area contributed by atoms with Crippen molar-refractivity contribution >= 4 is 0 Å². The van der Waals surface area contributed by atoms with Gasteiger partial charge >= 0.3 is 12.2 Å². The van der Waals surface area contributed by atoms with Gasteiger partial charge in [-0.3, -0.25) is 0 Å². The van der Waals surface area contributed by atoms with E-state index in [2.05, 4.69) is 9.97 Å². The first-order valence-corrected chi connectivity index (χ1v) is 5.06. The Balaban J connectivity index is 2.74. The molecule has 96 valence electrons. The number of halogens is 3. The Morgan fingerprint density at radius 3 is 2.59 bits per heavy atom. The molecule has 1 heterocycles. The number of nitrogens with zero attached hydrogens (tertiary/aromatic N) is 2. The van der Waals surface area contributed by atoms with Crippen molar-refractivity contribution in [1.29, 1.82) is 0 Å². The summed E-state index contributed by atoms with van der Waals surface area (Å²) in [4.78, 5) is 6.87. The van der Waals surface area contributed by atoms with Crippen LogP contribution in [0.2, 0.25) is 0 Å². The molecule has 1 atom stereocenters. The van der Waals surface area contributed by atoms with Gasteiger partial charge in [0.1, 0.15) is 6.61 Å². The number of rotatable bonds is 4. The quantitative estimate of drug-likeness (QED) is 0.886. The van der Waals surface area contributed by atoms with Crippen LogP contribution in [0.4, 0.5) is 13.2 Å². The molecular weight excluding hydrogens is 235 g/mol. The molecule has 2 N–H and O–H groups in total. The summed E-state index contributed by atoms with van der Waals surface area (Å²) >= 11 is 0. The monoisotopic (exact) mass is 249 g/mol. The summed E-state index contributed by atoms with van der Waals surface area (Å²) in [5, 5.41) is 0. The van der Waals surface area contributed by atoms with E-state index in [4.69, 9.17) is 10.5 Å². The first-order valence-electron chi connectivity index (χ1n) is 5.06. The van der Waals surface area contributed by atoms with Gasteiger partial charge in [0.25, 0.3) is 0 Å². The van der Waals surface area contributed by atoms with Crippen LogP contribution in [0.5, 0.6) is 6.01 Å². The molecule has 17 heavy (non-hydrogen) atoms. The molecule has 0 spiro atoms. The van der Waals surface area contributed by atoms with Gasteiger partial charge in [-0.05, 0) is 19.4 Å². The van der Waals surface area contributed by atoms with Crippen LogP contribution >= 0.6 is 0 Å². The van der Waals surface area contributed by atoms with Crippen molar-refractivity contribution < 1.29 is 17.9 Å². The maximum atomic E-state index is 12.3. The summed E-state index contributed by atoms with van der Waals surface area (Å²) in [7, 11) is 0. The van der Waals surface area contributed by atoms with Crippen LogP contribution in [0.3, 0.4) is 0 Å². The molecule has 1 rings (SSSR count). The van der Waals surface area contributed by atoms with Crippen molar-refractivity contribution in [3.63, 3.8) is 0 Å². The zero-order valence-electron chi connectivity index (χ0n) is 9.58. The molecule has 1 unspecified atom stereocenters. The minimum absolute atomic E-state index is 0.0603. The molecule has 4 nitrogen and oxygen atoms in total. The Labute approximate surface area is 97.0 Å². The van der Waals surface area contributed by atoms with Gasteiger partial charge < -0.3 is 10.5 Å². The minimum Gasteiger partial charge on any atom is -0.462 e. The molecule has 0 amide bonds. The third kappa shape index (κ3) is 4.18. The molecule has 0 saturated carbocycles. The Hall–Kier alpha value is -1.37. The summed E-state index contributed by atoms with van der Waals surface area (Å²) in [5.74, 6) is 0. The van der Waals surface area contributed by atoms with Crippen LogP contribution in [0.15, 0.2) is 12.3 Å². The first kappa shape index (κ1) is 13.7. The van der Waals surface area contributed by atoms with Crippen molar-refractivity contribution in [2.45, 2.75) is 32.0 Å². The summed E-state index contributed by atoms with van der Waals surface area (Å²) < 4.78 is 42.1. The van der Waals surface area contributed by atoms with E-state index in [1.807, 2.05) is 6.92 Å². The molecule has 0 aliphatic heterocycles. The molecule has 0 fully saturated rings. The second kappa shape index (κ2) is 4.87. The topological polar surface area (TPSA) is 61.0 Å². The van der Waals surface area contributed by atoms with E-state index in [0.29, 0.717) is 6.42 Å². The van der Waals surface area contributed by atoms with E-state index in [-0.39, 0.29) is 12.6 Å². The van der Waals surface area contributed by atoms with E-state index >= 15 is 0 Å². The SMILES string of the molecule is CCC(C)(N)COc1nccc(C(F)(F)F)n1. The zero-order chi connectivity index (χ0) is 13.1. The molecule has 0 radical (unpaired) electrons. The van der Waals surface area contributed by atoms with Gasteiger partial charge in [-0.2, -0.15) is 18.2 Å². The average Bonchev–Trinajstić information content (AvgIpc) is 2.26. The van der Waals surface area contributed by atoms with Gasteiger partial charge in [-0.15, -0.1) is 0 Å². The predicted molar refractivity (Wildman–Crippen MR) is 55.4 cm³/mol. The average molecular weight is 249 g/mol. The number of hydrogen-bond acceptors (Lipinski definition) is 4. The molecule has 0 aromatic carbocycles. The van der Waals surface area contributed by atoms with E-state index in [0.717, 1.165) is 12.3 Å². The van der Waals surface area contributed by atoms with E-state index in [1.54, 1.807) is 6.92 Å². The fraction of sp³-hybridized carbons (Fsp3) is 0.600. The molecule has 1 aromatic heterocycles.